The first-order valence-electron chi connectivity index (χ1n) is 9.45. The van der Waals surface area contributed by atoms with E-state index < -0.39 is 42.7 Å². The Balaban J connectivity index is 1.71. The Morgan fingerprint density at radius 3 is 2.77 bits per heavy atom. The molecule has 2 unspecified atom stereocenters. The summed E-state index contributed by atoms with van der Waals surface area (Å²) < 4.78 is 42.1. The van der Waals surface area contributed by atoms with Gasteiger partial charge in [0.2, 0.25) is 5.91 Å². The van der Waals surface area contributed by atoms with Crippen molar-refractivity contribution in [2.24, 2.45) is 5.92 Å². The number of anilines is 1. The second-order valence-corrected chi connectivity index (χ2v) is 7.97. The normalized spacial score (nSPS) is 24.2. The third-order valence-corrected chi connectivity index (χ3v) is 5.65. The molecular weight excluding hydrogens is 427 g/mol. The van der Waals surface area contributed by atoms with Crippen LogP contribution in [0.4, 0.5) is 23.7 Å². The van der Waals surface area contributed by atoms with Gasteiger partial charge in [-0.3, -0.25) is 14.5 Å². The molecule has 1 aromatic carbocycles. The van der Waals surface area contributed by atoms with Crippen molar-refractivity contribution in [1.29, 1.82) is 0 Å². The molecule has 7 nitrogen and oxygen atoms in total. The Morgan fingerprint density at radius 1 is 1.37 bits per heavy atom. The van der Waals surface area contributed by atoms with Gasteiger partial charge in [-0.2, -0.15) is 13.2 Å². The first-order chi connectivity index (χ1) is 14.0. The number of alkyl halides is 3. The molecule has 30 heavy (non-hydrogen) atoms. The lowest BCUT2D eigenvalue weighted by molar-refractivity contribution is -0.153. The van der Waals surface area contributed by atoms with Crippen molar-refractivity contribution in [2.45, 2.75) is 44.3 Å². The van der Waals surface area contributed by atoms with Gasteiger partial charge in [0.05, 0.1) is 5.69 Å². The predicted octanol–water partition coefficient (Wildman–Crippen LogP) is 3.72. The summed E-state index contributed by atoms with van der Waals surface area (Å²) in [6.07, 6.45) is -1.53. The molecule has 1 spiro atoms. The Kier molecular flexibility index (Phi) is 6.16. The summed E-state index contributed by atoms with van der Waals surface area (Å²) in [6, 6.07) is 3.07. The van der Waals surface area contributed by atoms with Gasteiger partial charge in [-0.15, -0.1) is 0 Å². The van der Waals surface area contributed by atoms with Gasteiger partial charge < -0.3 is 15.4 Å². The lowest BCUT2D eigenvalue weighted by atomic mass is 9.73. The zero-order valence-corrected chi connectivity index (χ0v) is 16.9. The van der Waals surface area contributed by atoms with Crippen molar-refractivity contribution in [2.75, 3.05) is 18.5 Å². The van der Waals surface area contributed by atoms with Gasteiger partial charge in [0.15, 0.2) is 6.61 Å². The highest BCUT2D eigenvalue weighted by molar-refractivity contribution is 6.31. The maximum Gasteiger partial charge on any atom is 0.422 e. The number of carbonyl (C=O) groups excluding carboxylic acids is 3. The van der Waals surface area contributed by atoms with Gasteiger partial charge in [-0.25, -0.2) is 4.79 Å². The number of hydrogen-bond donors (Lipinski definition) is 2. The van der Waals surface area contributed by atoms with E-state index in [2.05, 4.69) is 10.6 Å². The zero-order valence-electron chi connectivity index (χ0n) is 16.1. The average Bonchev–Trinajstić information content (AvgIpc) is 2.88. The highest BCUT2D eigenvalue weighted by Crippen LogP contribution is 2.38. The Bertz CT molecular complexity index is 864. The molecule has 2 atom stereocenters. The van der Waals surface area contributed by atoms with Crippen molar-refractivity contribution >= 4 is 35.1 Å². The summed E-state index contributed by atoms with van der Waals surface area (Å²) in [5.74, 6) is -1.53. The predicted molar refractivity (Wildman–Crippen MR) is 102 cm³/mol. The number of hydrogen-bond acceptors (Lipinski definition) is 4. The van der Waals surface area contributed by atoms with E-state index in [1.807, 2.05) is 6.92 Å². The highest BCUT2D eigenvalue weighted by Gasteiger charge is 2.55. The SMILES string of the molecule is CC1CCCCC12NC(=O)N(CC(=O)Nc1cc(Cl)ccc1OCC(F)(F)F)C2=O. The number of nitrogens with one attached hydrogen (secondary N) is 2. The second kappa shape index (κ2) is 8.33. The summed E-state index contributed by atoms with van der Waals surface area (Å²) in [7, 11) is 0. The maximum absolute atomic E-state index is 12.9. The van der Waals surface area contributed by atoms with Crippen molar-refractivity contribution in [1.82, 2.24) is 10.2 Å². The quantitative estimate of drug-likeness (QED) is 0.673. The highest BCUT2D eigenvalue weighted by atomic mass is 35.5. The van der Waals surface area contributed by atoms with E-state index in [1.165, 1.54) is 18.2 Å². The number of ether oxygens (including phenoxy) is 1. The molecule has 4 amide bonds. The van der Waals surface area contributed by atoms with Gasteiger partial charge in [0.1, 0.15) is 17.8 Å². The molecule has 3 rings (SSSR count). The number of carbonyl (C=O) groups is 3. The van der Waals surface area contributed by atoms with Crippen LogP contribution in [0.2, 0.25) is 5.02 Å². The molecule has 2 fully saturated rings. The molecule has 1 aliphatic carbocycles. The average molecular weight is 448 g/mol. The Hall–Kier alpha value is -2.49. The summed E-state index contributed by atoms with van der Waals surface area (Å²) >= 11 is 5.86. The van der Waals surface area contributed by atoms with E-state index >= 15 is 0 Å². The Labute approximate surface area is 175 Å². The smallest absolute Gasteiger partial charge is 0.422 e. The van der Waals surface area contributed by atoms with Gasteiger partial charge >= 0.3 is 12.2 Å². The second-order valence-electron chi connectivity index (χ2n) is 7.53. The maximum atomic E-state index is 12.9. The molecule has 2 aliphatic rings. The minimum Gasteiger partial charge on any atom is -0.482 e. The summed E-state index contributed by atoms with van der Waals surface area (Å²) in [5, 5.41) is 5.26. The largest absolute Gasteiger partial charge is 0.482 e. The number of urea groups is 1. The molecular formula is C19H21ClF3N3O4. The van der Waals surface area contributed by atoms with Crippen molar-refractivity contribution in [3.05, 3.63) is 23.2 Å². The molecule has 1 aromatic rings. The first-order valence-corrected chi connectivity index (χ1v) is 9.83. The van der Waals surface area contributed by atoms with Crippen LogP contribution in [0, 0.1) is 5.92 Å². The van der Waals surface area contributed by atoms with Crippen LogP contribution in [-0.4, -0.2) is 47.6 Å². The number of benzene rings is 1. The van der Waals surface area contributed by atoms with E-state index in [-0.39, 0.29) is 22.4 Å². The third kappa shape index (κ3) is 4.63. The third-order valence-electron chi connectivity index (χ3n) is 5.41. The van der Waals surface area contributed by atoms with Crippen molar-refractivity contribution < 1.29 is 32.3 Å². The van der Waals surface area contributed by atoms with Crippen LogP contribution in [0.25, 0.3) is 0 Å². The molecule has 1 heterocycles. The molecule has 0 aromatic heterocycles. The van der Waals surface area contributed by atoms with Gasteiger partial charge in [-0.1, -0.05) is 31.4 Å². The van der Waals surface area contributed by atoms with Gasteiger partial charge in [0.25, 0.3) is 5.91 Å². The number of halogens is 4. The minimum atomic E-state index is -4.56. The van der Waals surface area contributed by atoms with Gasteiger partial charge in [0, 0.05) is 5.02 Å². The van der Waals surface area contributed by atoms with Crippen LogP contribution < -0.4 is 15.4 Å². The van der Waals surface area contributed by atoms with E-state index in [0.717, 1.165) is 24.2 Å². The summed E-state index contributed by atoms with van der Waals surface area (Å²) in [6.45, 7) is -0.244. The van der Waals surface area contributed by atoms with E-state index in [1.54, 1.807) is 0 Å². The van der Waals surface area contributed by atoms with E-state index in [9.17, 15) is 27.6 Å². The molecule has 0 radical (unpaired) electrons. The van der Waals surface area contributed by atoms with Crippen LogP contribution >= 0.6 is 11.6 Å². The number of imide groups is 1. The molecule has 164 valence electrons. The standard InChI is InChI=1S/C19H21ClF3N3O4/c1-11-4-2-3-7-18(11)16(28)26(17(29)25-18)9-15(27)24-13-8-12(20)5-6-14(13)30-10-19(21,22)23/h5-6,8,11H,2-4,7,9-10H2,1H3,(H,24,27)(H,25,29). The fourth-order valence-corrected chi connectivity index (χ4v) is 4.03. The molecule has 0 bridgehead atoms. The lowest BCUT2D eigenvalue weighted by Crippen LogP contribution is -2.54. The van der Waals surface area contributed by atoms with Crippen LogP contribution in [0.15, 0.2) is 18.2 Å². The molecule has 2 N–H and O–H groups in total. The lowest BCUT2D eigenvalue weighted by Gasteiger charge is -2.36. The Morgan fingerprint density at radius 2 is 2.10 bits per heavy atom. The van der Waals surface area contributed by atoms with Crippen LogP contribution in [0.1, 0.15) is 32.6 Å². The van der Waals surface area contributed by atoms with E-state index in [0.29, 0.717) is 6.42 Å². The van der Waals surface area contributed by atoms with Crippen LogP contribution in [0.3, 0.4) is 0 Å². The number of nitrogens with zero attached hydrogens (tertiary/aromatic N) is 1. The van der Waals surface area contributed by atoms with Crippen molar-refractivity contribution in [3.8, 4) is 5.75 Å². The first kappa shape index (κ1) is 22.2. The minimum absolute atomic E-state index is 0.0638. The van der Waals surface area contributed by atoms with Crippen LogP contribution in [0.5, 0.6) is 5.75 Å². The number of amides is 4. The number of rotatable bonds is 5. The molecule has 1 saturated carbocycles. The van der Waals surface area contributed by atoms with Gasteiger partial charge in [-0.05, 0) is 37.0 Å². The summed E-state index contributed by atoms with van der Waals surface area (Å²) in [4.78, 5) is 38.6. The van der Waals surface area contributed by atoms with E-state index in [4.69, 9.17) is 16.3 Å². The van der Waals surface area contributed by atoms with Crippen LogP contribution in [-0.2, 0) is 9.59 Å². The topological polar surface area (TPSA) is 87.7 Å². The fourth-order valence-electron chi connectivity index (χ4n) is 3.86. The molecule has 11 heteroatoms. The monoisotopic (exact) mass is 447 g/mol. The van der Waals surface area contributed by atoms with Crippen molar-refractivity contribution in [3.63, 3.8) is 0 Å². The molecule has 1 aliphatic heterocycles. The molecule has 1 saturated heterocycles. The summed E-state index contributed by atoms with van der Waals surface area (Å²) in [5.41, 5.74) is -1.10. The fraction of sp³-hybridized carbons (Fsp3) is 0.526. The zero-order chi connectivity index (χ0) is 22.1.